The van der Waals surface area contributed by atoms with Crippen molar-refractivity contribution in [2.45, 2.75) is 38.9 Å². The van der Waals surface area contributed by atoms with E-state index in [9.17, 15) is 0 Å². The Balaban J connectivity index is 1.09. The molecule has 5 aromatic rings. The van der Waals surface area contributed by atoms with Gasteiger partial charge in [-0.25, -0.2) is 15.0 Å². The van der Waals surface area contributed by atoms with Gasteiger partial charge in [-0.05, 0) is 56.2 Å². The van der Waals surface area contributed by atoms with E-state index in [4.69, 9.17) is 15.0 Å². The molecule has 190 valence electrons. The van der Waals surface area contributed by atoms with Gasteiger partial charge in [0.25, 0.3) is 0 Å². The number of pyridine rings is 2. The molecule has 3 saturated heterocycles. The molecule has 9 heteroatoms. The fourth-order valence-corrected chi connectivity index (χ4v) is 5.54. The van der Waals surface area contributed by atoms with Gasteiger partial charge in [0.05, 0.1) is 5.52 Å². The van der Waals surface area contributed by atoms with E-state index in [1.54, 1.807) is 0 Å². The maximum absolute atomic E-state index is 4.85. The topological polar surface area (TPSA) is 98.8 Å². The fourth-order valence-electron chi connectivity index (χ4n) is 5.54. The van der Waals surface area contributed by atoms with Crippen molar-refractivity contribution in [1.29, 1.82) is 0 Å². The molecule has 4 aromatic heterocycles. The second-order valence-electron chi connectivity index (χ2n) is 10.3. The molecular weight excluding hydrogens is 474 g/mol. The molecule has 2 N–H and O–H groups in total. The third-order valence-electron chi connectivity index (χ3n) is 7.57. The van der Waals surface area contributed by atoms with E-state index in [0.29, 0.717) is 17.9 Å². The van der Waals surface area contributed by atoms with Crippen LogP contribution in [-0.2, 0) is 6.54 Å². The molecular formula is C29H29N9. The third kappa shape index (κ3) is 4.24. The minimum atomic E-state index is 0.555. The summed E-state index contributed by atoms with van der Waals surface area (Å²) >= 11 is 0. The second-order valence-corrected chi connectivity index (χ2v) is 10.3. The van der Waals surface area contributed by atoms with Crippen molar-refractivity contribution in [2.24, 2.45) is 0 Å². The van der Waals surface area contributed by atoms with Crippen LogP contribution in [0.1, 0.15) is 23.4 Å². The number of aromatic nitrogens is 6. The first-order chi connectivity index (χ1) is 18.6. The Morgan fingerprint density at radius 2 is 1.82 bits per heavy atom. The number of H-pyrrole nitrogens is 1. The van der Waals surface area contributed by atoms with Gasteiger partial charge in [0.1, 0.15) is 11.6 Å². The van der Waals surface area contributed by atoms with Gasteiger partial charge in [0.2, 0.25) is 0 Å². The molecule has 8 rings (SSSR count). The van der Waals surface area contributed by atoms with Gasteiger partial charge in [-0.1, -0.05) is 18.2 Å². The van der Waals surface area contributed by atoms with Crippen LogP contribution in [0.4, 0.5) is 17.5 Å². The van der Waals surface area contributed by atoms with E-state index < -0.39 is 0 Å². The number of benzene rings is 1. The quantitative estimate of drug-likeness (QED) is 0.346. The molecule has 9 nitrogen and oxygen atoms in total. The second kappa shape index (κ2) is 9.18. The Morgan fingerprint density at radius 3 is 2.55 bits per heavy atom. The summed E-state index contributed by atoms with van der Waals surface area (Å²) in [5.41, 5.74) is 5.09. The van der Waals surface area contributed by atoms with Gasteiger partial charge in [0.15, 0.2) is 11.6 Å². The van der Waals surface area contributed by atoms with Crippen molar-refractivity contribution >= 4 is 28.4 Å². The zero-order valence-corrected chi connectivity index (χ0v) is 21.5. The molecule has 3 aliphatic rings. The fraction of sp³-hybridized carbons (Fsp3) is 0.276. The third-order valence-corrected chi connectivity index (χ3v) is 7.57. The van der Waals surface area contributed by atoms with E-state index in [2.05, 4.69) is 54.6 Å². The number of anilines is 3. The summed E-state index contributed by atoms with van der Waals surface area (Å²) < 4.78 is 0. The highest BCUT2D eigenvalue weighted by molar-refractivity contribution is 5.91. The number of aryl methyl sites for hydroxylation is 2. The largest absolute Gasteiger partial charge is 0.353 e. The first-order valence-corrected chi connectivity index (χ1v) is 13.0. The van der Waals surface area contributed by atoms with E-state index >= 15 is 0 Å². The summed E-state index contributed by atoms with van der Waals surface area (Å²) in [7, 11) is 0. The van der Waals surface area contributed by atoms with Crippen LogP contribution in [0.2, 0.25) is 0 Å². The lowest BCUT2D eigenvalue weighted by Crippen LogP contribution is -2.68. The van der Waals surface area contributed by atoms with Crippen molar-refractivity contribution in [3.63, 3.8) is 0 Å². The van der Waals surface area contributed by atoms with Gasteiger partial charge in [-0.3, -0.25) is 15.0 Å². The van der Waals surface area contributed by atoms with Gasteiger partial charge in [-0.15, -0.1) is 0 Å². The Morgan fingerprint density at radius 1 is 0.947 bits per heavy atom. The lowest BCUT2D eigenvalue weighted by Gasteiger charge is -2.56. The minimum absolute atomic E-state index is 0.555. The normalized spacial score (nSPS) is 18.9. The molecule has 0 spiro atoms. The first kappa shape index (κ1) is 22.8. The predicted octanol–water partition coefficient (Wildman–Crippen LogP) is 4.63. The molecule has 2 unspecified atom stereocenters. The van der Waals surface area contributed by atoms with Crippen LogP contribution in [-0.4, -0.2) is 60.2 Å². The number of hydrogen-bond acceptors (Lipinski definition) is 8. The monoisotopic (exact) mass is 503 g/mol. The molecule has 3 fully saturated rings. The Hall–Kier alpha value is -4.37. The molecule has 1 aromatic carbocycles. The molecule has 0 amide bonds. The van der Waals surface area contributed by atoms with Crippen molar-refractivity contribution in [1.82, 2.24) is 35.0 Å². The van der Waals surface area contributed by atoms with Gasteiger partial charge in [0, 0.05) is 72.5 Å². The van der Waals surface area contributed by atoms with Crippen molar-refractivity contribution in [2.75, 3.05) is 23.3 Å². The standard InChI is InChI=1S/C29H29N9/c1-18-7-8-20(13-30-18)15-38-22-12-23(38)17-37(16-22)27-10-9-21(14-31-27)28-32-25-6-4-3-5-24(25)29(34-28)33-26-11-19(2)35-36-26/h3-11,13-14,22-23H,12,15-17H2,1-2H3,(H2,32,33,34,35,36). The SMILES string of the molecule is Cc1ccc(CN2C3CC2CN(c2ccc(-c4nc(Nc5cc(C)[nH]n5)c5ccccc5n4)cn2)C3)cn1. The number of hydrogen-bond donors (Lipinski definition) is 2. The molecule has 0 aliphatic carbocycles. The summed E-state index contributed by atoms with van der Waals surface area (Å²) in [6.07, 6.45) is 5.15. The zero-order valence-electron chi connectivity index (χ0n) is 21.5. The lowest BCUT2D eigenvalue weighted by atomic mass is 9.87. The summed E-state index contributed by atoms with van der Waals surface area (Å²) in [6.45, 7) is 6.95. The molecule has 7 heterocycles. The van der Waals surface area contributed by atoms with Crippen molar-refractivity contribution < 1.29 is 0 Å². The number of piperidine rings is 1. The number of piperazine rings is 1. The highest BCUT2D eigenvalue weighted by atomic mass is 15.4. The zero-order chi connectivity index (χ0) is 25.6. The summed E-state index contributed by atoms with van der Waals surface area (Å²) in [5, 5.41) is 11.6. The van der Waals surface area contributed by atoms with E-state index in [1.165, 1.54) is 12.0 Å². The van der Waals surface area contributed by atoms with Gasteiger partial charge in [-0.2, -0.15) is 5.10 Å². The Kier molecular flexibility index (Phi) is 5.51. The molecule has 0 radical (unpaired) electrons. The smallest absolute Gasteiger partial charge is 0.163 e. The summed E-state index contributed by atoms with van der Waals surface area (Å²) in [5.74, 6) is 3.09. The van der Waals surface area contributed by atoms with Crippen LogP contribution >= 0.6 is 0 Å². The molecule has 2 atom stereocenters. The molecule has 2 bridgehead atoms. The average Bonchev–Trinajstić information content (AvgIpc) is 3.37. The lowest BCUT2D eigenvalue weighted by molar-refractivity contribution is -0.00875. The maximum atomic E-state index is 4.85. The predicted molar refractivity (Wildman–Crippen MR) is 148 cm³/mol. The average molecular weight is 504 g/mol. The van der Waals surface area contributed by atoms with Gasteiger partial charge >= 0.3 is 0 Å². The van der Waals surface area contributed by atoms with E-state index in [0.717, 1.165) is 64.9 Å². The minimum Gasteiger partial charge on any atom is -0.353 e. The van der Waals surface area contributed by atoms with Crippen molar-refractivity contribution in [3.8, 4) is 11.4 Å². The highest BCUT2D eigenvalue weighted by Crippen LogP contribution is 2.36. The summed E-state index contributed by atoms with van der Waals surface area (Å²) in [4.78, 5) is 24.0. The molecule has 0 saturated carbocycles. The van der Waals surface area contributed by atoms with Crippen LogP contribution in [0.15, 0.2) is 67.0 Å². The van der Waals surface area contributed by atoms with Gasteiger partial charge < -0.3 is 10.2 Å². The van der Waals surface area contributed by atoms with Crippen LogP contribution in [0, 0.1) is 13.8 Å². The Bertz CT molecular complexity index is 1580. The van der Waals surface area contributed by atoms with Crippen molar-refractivity contribution in [3.05, 3.63) is 83.9 Å². The van der Waals surface area contributed by atoms with Crippen LogP contribution in [0.5, 0.6) is 0 Å². The number of para-hydroxylation sites is 1. The van der Waals surface area contributed by atoms with E-state index in [-0.39, 0.29) is 0 Å². The molecule has 38 heavy (non-hydrogen) atoms. The number of nitrogens with one attached hydrogen (secondary N) is 2. The van der Waals surface area contributed by atoms with Crippen LogP contribution in [0.25, 0.3) is 22.3 Å². The van der Waals surface area contributed by atoms with E-state index in [1.807, 2.05) is 56.6 Å². The maximum Gasteiger partial charge on any atom is 0.163 e. The number of rotatable bonds is 6. The highest BCUT2D eigenvalue weighted by Gasteiger charge is 2.44. The first-order valence-electron chi connectivity index (χ1n) is 13.0. The Labute approximate surface area is 221 Å². The van der Waals surface area contributed by atoms with Crippen LogP contribution < -0.4 is 10.2 Å². The number of fused-ring (bicyclic) bond motifs is 3. The molecule has 3 aliphatic heterocycles. The van der Waals surface area contributed by atoms with Crippen LogP contribution in [0.3, 0.4) is 0 Å². The number of aromatic amines is 1. The summed E-state index contributed by atoms with van der Waals surface area (Å²) in [6, 6.07) is 19.5. The number of nitrogens with zero attached hydrogens (tertiary/aromatic N) is 7.